The number of halogens is 3. The summed E-state index contributed by atoms with van der Waals surface area (Å²) in [6.45, 7) is 3.69. The molecule has 0 unspecified atom stereocenters. The number of aryl methyl sites for hydroxylation is 2. The van der Waals surface area contributed by atoms with E-state index in [1.807, 2.05) is 6.92 Å². The van der Waals surface area contributed by atoms with E-state index in [9.17, 15) is 14.0 Å². The summed E-state index contributed by atoms with van der Waals surface area (Å²) in [5, 5.41) is 3.85. The van der Waals surface area contributed by atoms with E-state index in [1.54, 1.807) is 19.2 Å². The van der Waals surface area contributed by atoms with Gasteiger partial charge >= 0.3 is 6.03 Å². The topological polar surface area (TPSA) is 84.0 Å². The van der Waals surface area contributed by atoms with E-state index in [0.717, 1.165) is 11.6 Å². The van der Waals surface area contributed by atoms with Gasteiger partial charge in [0.25, 0.3) is 5.91 Å². The van der Waals surface area contributed by atoms with E-state index in [-0.39, 0.29) is 10.7 Å². The second kappa shape index (κ2) is 7.55. The predicted molar refractivity (Wildman–Crippen MR) is 89.1 cm³/mol. The van der Waals surface area contributed by atoms with Crippen LogP contribution in [-0.4, -0.2) is 21.9 Å². The molecule has 0 fully saturated rings. The highest BCUT2D eigenvalue weighted by atomic mass is 35.5. The van der Waals surface area contributed by atoms with Gasteiger partial charge in [-0.25, -0.2) is 14.2 Å². The minimum atomic E-state index is -0.914. The van der Waals surface area contributed by atoms with Gasteiger partial charge in [0.15, 0.2) is 11.0 Å². The SMILES string of the molecule is CCc1nccc(C)c1NC(=O)NC(=O)c1cc(F)c(Cl)nc1Cl. The highest BCUT2D eigenvalue weighted by Gasteiger charge is 2.18. The van der Waals surface area contributed by atoms with Crippen LogP contribution in [-0.2, 0) is 6.42 Å². The molecule has 0 saturated heterocycles. The monoisotopic (exact) mass is 370 g/mol. The normalized spacial score (nSPS) is 10.4. The summed E-state index contributed by atoms with van der Waals surface area (Å²) >= 11 is 11.2. The average molecular weight is 371 g/mol. The second-order valence-corrected chi connectivity index (χ2v) is 5.53. The van der Waals surface area contributed by atoms with Crippen molar-refractivity contribution in [2.24, 2.45) is 0 Å². The highest BCUT2D eigenvalue weighted by Crippen LogP contribution is 2.21. The first-order valence-electron chi connectivity index (χ1n) is 6.91. The summed E-state index contributed by atoms with van der Waals surface area (Å²) in [7, 11) is 0. The Hall–Kier alpha value is -2.25. The molecular formula is C15H13Cl2FN4O2. The minimum absolute atomic E-state index is 0.299. The molecule has 0 radical (unpaired) electrons. The molecule has 9 heteroatoms. The number of nitrogens with one attached hydrogen (secondary N) is 2. The number of amides is 3. The molecule has 0 spiro atoms. The second-order valence-electron chi connectivity index (χ2n) is 4.81. The summed E-state index contributed by atoms with van der Waals surface area (Å²) in [5.74, 6) is -1.82. The van der Waals surface area contributed by atoms with E-state index in [2.05, 4.69) is 20.6 Å². The molecule has 0 aliphatic heterocycles. The third kappa shape index (κ3) is 3.98. The summed E-state index contributed by atoms with van der Waals surface area (Å²) in [5.41, 5.74) is 1.68. The van der Waals surface area contributed by atoms with Crippen molar-refractivity contribution in [2.45, 2.75) is 20.3 Å². The van der Waals surface area contributed by atoms with Crippen LogP contribution in [0.3, 0.4) is 0 Å². The van der Waals surface area contributed by atoms with E-state index in [0.29, 0.717) is 17.8 Å². The molecule has 0 aromatic carbocycles. The van der Waals surface area contributed by atoms with Gasteiger partial charge in [-0.2, -0.15) is 0 Å². The van der Waals surface area contributed by atoms with Crippen LogP contribution in [0.5, 0.6) is 0 Å². The maximum Gasteiger partial charge on any atom is 0.326 e. The molecule has 2 rings (SSSR count). The van der Waals surface area contributed by atoms with Crippen LogP contribution >= 0.6 is 23.2 Å². The fourth-order valence-corrected chi connectivity index (χ4v) is 2.38. The van der Waals surface area contributed by atoms with Crippen molar-refractivity contribution in [2.75, 3.05) is 5.32 Å². The van der Waals surface area contributed by atoms with Crippen LogP contribution in [0, 0.1) is 12.7 Å². The number of hydrogen-bond donors (Lipinski definition) is 2. The van der Waals surface area contributed by atoms with Crippen LogP contribution in [0.4, 0.5) is 14.9 Å². The molecule has 3 amide bonds. The Bertz CT molecular complexity index is 814. The Morgan fingerprint density at radius 1 is 1.29 bits per heavy atom. The lowest BCUT2D eigenvalue weighted by atomic mass is 10.1. The lowest BCUT2D eigenvalue weighted by molar-refractivity contribution is 0.0966. The van der Waals surface area contributed by atoms with Crippen molar-refractivity contribution in [1.29, 1.82) is 0 Å². The molecule has 0 bridgehead atoms. The largest absolute Gasteiger partial charge is 0.326 e. The minimum Gasteiger partial charge on any atom is -0.306 e. The number of rotatable bonds is 3. The van der Waals surface area contributed by atoms with Gasteiger partial charge in [0, 0.05) is 6.20 Å². The quantitative estimate of drug-likeness (QED) is 0.805. The van der Waals surface area contributed by atoms with Gasteiger partial charge in [0.05, 0.1) is 16.9 Å². The third-order valence-corrected chi connectivity index (χ3v) is 3.72. The zero-order chi connectivity index (χ0) is 17.9. The zero-order valence-electron chi connectivity index (χ0n) is 12.8. The van der Waals surface area contributed by atoms with Gasteiger partial charge < -0.3 is 5.32 Å². The number of carbonyl (C=O) groups is 2. The van der Waals surface area contributed by atoms with Crippen LogP contribution in [0.25, 0.3) is 0 Å². The van der Waals surface area contributed by atoms with Crippen LogP contribution < -0.4 is 10.6 Å². The van der Waals surface area contributed by atoms with Gasteiger partial charge in [-0.3, -0.25) is 15.1 Å². The van der Waals surface area contributed by atoms with Crippen molar-refractivity contribution in [1.82, 2.24) is 15.3 Å². The number of nitrogens with zero attached hydrogens (tertiary/aromatic N) is 2. The summed E-state index contributed by atoms with van der Waals surface area (Å²) in [4.78, 5) is 31.7. The Morgan fingerprint density at radius 2 is 2.00 bits per heavy atom. The lowest BCUT2D eigenvalue weighted by Crippen LogP contribution is -2.35. The molecule has 2 heterocycles. The predicted octanol–water partition coefficient (Wildman–Crippen LogP) is 3.76. The molecule has 24 heavy (non-hydrogen) atoms. The summed E-state index contributed by atoms with van der Waals surface area (Å²) in [6, 6.07) is 1.75. The molecule has 2 N–H and O–H groups in total. The molecule has 0 aliphatic carbocycles. The van der Waals surface area contributed by atoms with E-state index in [1.165, 1.54) is 0 Å². The first-order valence-corrected chi connectivity index (χ1v) is 7.67. The van der Waals surface area contributed by atoms with Crippen molar-refractivity contribution >= 4 is 40.8 Å². The Morgan fingerprint density at radius 3 is 2.67 bits per heavy atom. The number of carbonyl (C=O) groups excluding carboxylic acids is 2. The number of pyridine rings is 2. The number of urea groups is 1. The fraction of sp³-hybridized carbons (Fsp3) is 0.200. The van der Waals surface area contributed by atoms with E-state index >= 15 is 0 Å². The van der Waals surface area contributed by atoms with Crippen LogP contribution in [0.1, 0.15) is 28.5 Å². The number of aromatic nitrogens is 2. The molecule has 126 valence electrons. The third-order valence-electron chi connectivity index (χ3n) is 3.17. The van der Waals surface area contributed by atoms with Crippen molar-refractivity contribution in [3.05, 3.63) is 51.3 Å². The highest BCUT2D eigenvalue weighted by molar-refractivity contribution is 6.35. The lowest BCUT2D eigenvalue weighted by Gasteiger charge is -2.12. The first kappa shape index (κ1) is 18.1. The molecule has 0 aliphatic rings. The van der Waals surface area contributed by atoms with E-state index < -0.39 is 22.9 Å². The van der Waals surface area contributed by atoms with Gasteiger partial charge in [-0.05, 0) is 31.0 Å². The van der Waals surface area contributed by atoms with E-state index in [4.69, 9.17) is 23.2 Å². The first-order chi connectivity index (χ1) is 11.3. The molecule has 6 nitrogen and oxygen atoms in total. The maximum absolute atomic E-state index is 13.4. The number of hydrogen-bond acceptors (Lipinski definition) is 4. The van der Waals surface area contributed by atoms with Gasteiger partial charge in [-0.15, -0.1) is 0 Å². The standard InChI is InChI=1S/C15H13Cl2FN4O2/c1-3-10-11(7(2)4-5-19-10)20-15(24)22-14(23)8-6-9(18)13(17)21-12(8)16/h4-6H,3H2,1-2H3,(H2,20,22,23,24). The van der Waals surface area contributed by atoms with Crippen molar-refractivity contribution in [3.8, 4) is 0 Å². The molecule has 0 atom stereocenters. The molecule has 2 aromatic heterocycles. The number of anilines is 1. The van der Waals surface area contributed by atoms with Crippen molar-refractivity contribution < 1.29 is 14.0 Å². The van der Waals surface area contributed by atoms with Gasteiger partial charge in [-0.1, -0.05) is 30.1 Å². The maximum atomic E-state index is 13.4. The summed E-state index contributed by atoms with van der Waals surface area (Å²) in [6.07, 6.45) is 2.23. The number of imide groups is 1. The van der Waals surface area contributed by atoms with Crippen LogP contribution in [0.2, 0.25) is 10.3 Å². The Kier molecular flexibility index (Phi) is 5.69. The Labute approximate surface area is 147 Å². The van der Waals surface area contributed by atoms with Gasteiger partial charge in [0.2, 0.25) is 0 Å². The Balaban J connectivity index is 2.16. The average Bonchev–Trinajstić information content (AvgIpc) is 2.52. The van der Waals surface area contributed by atoms with Crippen LogP contribution in [0.15, 0.2) is 18.3 Å². The summed E-state index contributed by atoms with van der Waals surface area (Å²) < 4.78 is 13.4. The van der Waals surface area contributed by atoms with Crippen molar-refractivity contribution in [3.63, 3.8) is 0 Å². The molecule has 2 aromatic rings. The van der Waals surface area contributed by atoms with Gasteiger partial charge in [0.1, 0.15) is 5.15 Å². The molecule has 0 saturated carbocycles. The molecular weight excluding hydrogens is 358 g/mol. The fourth-order valence-electron chi connectivity index (χ4n) is 1.97. The smallest absolute Gasteiger partial charge is 0.306 e. The zero-order valence-corrected chi connectivity index (χ0v) is 14.3.